The van der Waals surface area contributed by atoms with Gasteiger partial charge in [-0.3, -0.25) is 14.6 Å². The van der Waals surface area contributed by atoms with Gasteiger partial charge in [-0.05, 0) is 54.6 Å². The van der Waals surface area contributed by atoms with E-state index in [9.17, 15) is 9.59 Å². The first-order valence-electron chi connectivity index (χ1n) is 10.4. The summed E-state index contributed by atoms with van der Waals surface area (Å²) in [5.74, 6) is -0.353. The van der Waals surface area contributed by atoms with Crippen LogP contribution in [0.2, 0.25) is 5.02 Å². The molecule has 0 aliphatic carbocycles. The fraction of sp³-hybridized carbons (Fsp3) is 0.120. The highest BCUT2D eigenvalue weighted by Crippen LogP contribution is 2.23. The van der Waals surface area contributed by atoms with E-state index in [-0.39, 0.29) is 11.8 Å². The Labute approximate surface area is 196 Å². The van der Waals surface area contributed by atoms with E-state index >= 15 is 0 Å². The molecule has 2 heterocycles. The van der Waals surface area contributed by atoms with Crippen LogP contribution in [0, 0.1) is 0 Å². The molecule has 2 aromatic carbocycles. The molecule has 0 atom stereocenters. The SMILES string of the molecule is O=C(CCn1ccnc1)Nc1cccc(C(=O)N(Cc2ccccn2)c2ccc(Cl)cc2)c1. The van der Waals surface area contributed by atoms with Gasteiger partial charge in [0.15, 0.2) is 0 Å². The highest BCUT2D eigenvalue weighted by Gasteiger charge is 2.19. The van der Waals surface area contributed by atoms with E-state index in [1.165, 1.54) is 0 Å². The molecule has 8 heteroatoms. The van der Waals surface area contributed by atoms with Crippen molar-refractivity contribution >= 4 is 34.8 Å². The second-order valence-electron chi connectivity index (χ2n) is 7.37. The van der Waals surface area contributed by atoms with E-state index in [1.54, 1.807) is 78.3 Å². The molecule has 0 saturated heterocycles. The van der Waals surface area contributed by atoms with Crippen molar-refractivity contribution in [1.29, 1.82) is 0 Å². The molecule has 1 N–H and O–H groups in total. The average Bonchev–Trinajstić information content (AvgIpc) is 3.36. The summed E-state index contributed by atoms with van der Waals surface area (Å²) in [6.07, 6.45) is 7.13. The second kappa shape index (κ2) is 10.6. The number of nitrogens with one attached hydrogen (secondary N) is 1. The van der Waals surface area contributed by atoms with Gasteiger partial charge in [0.05, 0.1) is 18.6 Å². The maximum atomic E-state index is 13.5. The van der Waals surface area contributed by atoms with E-state index in [1.807, 2.05) is 22.8 Å². The Bertz CT molecular complexity index is 1210. The molecule has 33 heavy (non-hydrogen) atoms. The lowest BCUT2D eigenvalue weighted by Crippen LogP contribution is -2.30. The number of benzene rings is 2. The zero-order valence-corrected chi connectivity index (χ0v) is 18.5. The molecule has 0 saturated carbocycles. The third kappa shape index (κ3) is 6.05. The summed E-state index contributed by atoms with van der Waals surface area (Å²) < 4.78 is 1.83. The standard InChI is InChI=1S/C25H22ClN5O2/c26-20-7-9-23(10-8-20)31(17-22-5-1-2-12-28-22)25(33)19-4-3-6-21(16-19)29-24(32)11-14-30-15-13-27-18-30/h1-10,12-13,15-16,18H,11,14,17H2,(H,29,32). The van der Waals surface area contributed by atoms with Crippen molar-refractivity contribution in [1.82, 2.24) is 14.5 Å². The van der Waals surface area contributed by atoms with E-state index in [0.29, 0.717) is 41.5 Å². The minimum absolute atomic E-state index is 0.142. The summed E-state index contributed by atoms with van der Waals surface area (Å²) >= 11 is 6.04. The number of hydrogen-bond donors (Lipinski definition) is 1. The third-order valence-corrected chi connectivity index (χ3v) is 5.23. The first-order chi connectivity index (χ1) is 16.1. The number of anilines is 2. The Morgan fingerprint density at radius 2 is 1.85 bits per heavy atom. The van der Waals surface area contributed by atoms with Crippen molar-refractivity contribution in [2.45, 2.75) is 19.5 Å². The van der Waals surface area contributed by atoms with Crippen LogP contribution in [0.5, 0.6) is 0 Å². The van der Waals surface area contributed by atoms with Gasteiger partial charge in [-0.25, -0.2) is 4.98 Å². The summed E-state index contributed by atoms with van der Waals surface area (Å²) in [5.41, 5.74) is 2.47. The fourth-order valence-electron chi connectivity index (χ4n) is 3.31. The molecule has 4 rings (SSSR count). The number of carbonyl (C=O) groups excluding carboxylic acids is 2. The molecule has 0 bridgehead atoms. The van der Waals surface area contributed by atoms with Crippen molar-refractivity contribution < 1.29 is 9.59 Å². The van der Waals surface area contributed by atoms with Crippen LogP contribution in [0.25, 0.3) is 0 Å². The first kappa shape index (κ1) is 22.2. The Hall–Kier alpha value is -3.97. The van der Waals surface area contributed by atoms with Crippen LogP contribution in [0.3, 0.4) is 0 Å². The molecule has 0 radical (unpaired) electrons. The molecule has 2 aromatic heterocycles. The smallest absolute Gasteiger partial charge is 0.258 e. The maximum absolute atomic E-state index is 13.5. The van der Waals surface area contributed by atoms with Crippen molar-refractivity contribution in [3.63, 3.8) is 0 Å². The number of pyridine rings is 1. The van der Waals surface area contributed by atoms with Gasteiger partial charge in [-0.1, -0.05) is 23.7 Å². The van der Waals surface area contributed by atoms with Crippen molar-refractivity contribution in [2.75, 3.05) is 10.2 Å². The van der Waals surface area contributed by atoms with Crippen molar-refractivity contribution in [3.05, 3.63) is 108 Å². The van der Waals surface area contributed by atoms with Crippen molar-refractivity contribution in [3.8, 4) is 0 Å². The Morgan fingerprint density at radius 1 is 1.00 bits per heavy atom. The lowest BCUT2D eigenvalue weighted by molar-refractivity contribution is -0.116. The Balaban J connectivity index is 1.52. The zero-order chi connectivity index (χ0) is 23.0. The number of aromatic nitrogens is 3. The number of imidazole rings is 1. The highest BCUT2D eigenvalue weighted by atomic mass is 35.5. The molecular formula is C25H22ClN5O2. The van der Waals surface area contributed by atoms with Crippen LogP contribution >= 0.6 is 11.6 Å². The molecule has 0 unspecified atom stereocenters. The number of hydrogen-bond acceptors (Lipinski definition) is 4. The number of amides is 2. The predicted octanol–water partition coefficient (Wildman–Crippen LogP) is 4.81. The minimum Gasteiger partial charge on any atom is -0.337 e. The van der Waals surface area contributed by atoms with Gasteiger partial charge in [-0.15, -0.1) is 0 Å². The molecule has 0 aliphatic heterocycles. The monoisotopic (exact) mass is 459 g/mol. The number of rotatable bonds is 8. The Morgan fingerprint density at radius 3 is 2.58 bits per heavy atom. The van der Waals surface area contributed by atoms with E-state index < -0.39 is 0 Å². The molecule has 7 nitrogen and oxygen atoms in total. The van der Waals surface area contributed by atoms with Gasteiger partial charge in [0.25, 0.3) is 5.91 Å². The van der Waals surface area contributed by atoms with Crippen molar-refractivity contribution in [2.24, 2.45) is 0 Å². The lowest BCUT2D eigenvalue weighted by Gasteiger charge is -2.23. The van der Waals surface area contributed by atoms with Gasteiger partial charge in [0.1, 0.15) is 0 Å². The summed E-state index contributed by atoms with van der Waals surface area (Å²) in [5, 5.41) is 3.45. The molecule has 0 fully saturated rings. The first-order valence-corrected chi connectivity index (χ1v) is 10.8. The summed E-state index contributed by atoms with van der Waals surface area (Å²) in [6, 6.07) is 19.6. The van der Waals surface area contributed by atoms with Crippen LogP contribution in [-0.2, 0) is 17.9 Å². The van der Waals surface area contributed by atoms with Gasteiger partial charge in [0.2, 0.25) is 5.91 Å². The minimum atomic E-state index is -0.211. The van der Waals surface area contributed by atoms with E-state index in [4.69, 9.17) is 11.6 Å². The van der Waals surface area contributed by atoms with Gasteiger partial charge < -0.3 is 14.8 Å². The van der Waals surface area contributed by atoms with Crippen LogP contribution in [-0.4, -0.2) is 26.3 Å². The number of halogens is 1. The quantitative estimate of drug-likeness (QED) is 0.410. The summed E-state index contributed by atoms with van der Waals surface area (Å²) in [6.45, 7) is 0.821. The predicted molar refractivity (Wildman–Crippen MR) is 128 cm³/mol. The fourth-order valence-corrected chi connectivity index (χ4v) is 3.44. The number of carbonyl (C=O) groups is 2. The number of nitrogens with zero attached hydrogens (tertiary/aromatic N) is 4. The Kier molecular flexibility index (Phi) is 7.12. The third-order valence-electron chi connectivity index (χ3n) is 4.98. The zero-order valence-electron chi connectivity index (χ0n) is 17.8. The second-order valence-corrected chi connectivity index (χ2v) is 7.80. The molecule has 0 spiro atoms. The summed E-state index contributed by atoms with van der Waals surface area (Å²) in [7, 11) is 0. The van der Waals surface area contributed by atoms with Gasteiger partial charge >= 0.3 is 0 Å². The van der Waals surface area contributed by atoms with E-state index in [0.717, 1.165) is 5.69 Å². The molecule has 2 amide bonds. The molecule has 0 aliphatic rings. The average molecular weight is 460 g/mol. The number of aryl methyl sites for hydroxylation is 1. The maximum Gasteiger partial charge on any atom is 0.258 e. The van der Waals surface area contributed by atoms with Crippen LogP contribution in [0.4, 0.5) is 11.4 Å². The van der Waals surface area contributed by atoms with Crippen LogP contribution < -0.4 is 10.2 Å². The van der Waals surface area contributed by atoms with E-state index in [2.05, 4.69) is 15.3 Å². The highest BCUT2D eigenvalue weighted by molar-refractivity contribution is 6.30. The van der Waals surface area contributed by atoms with Gasteiger partial charge in [-0.2, -0.15) is 0 Å². The van der Waals surface area contributed by atoms with Gasteiger partial charge in [0, 0.05) is 53.5 Å². The van der Waals surface area contributed by atoms with Crippen LogP contribution in [0.1, 0.15) is 22.5 Å². The topological polar surface area (TPSA) is 80.1 Å². The molecular weight excluding hydrogens is 438 g/mol. The van der Waals surface area contributed by atoms with Crippen LogP contribution in [0.15, 0.2) is 91.6 Å². The summed E-state index contributed by atoms with van der Waals surface area (Å²) in [4.78, 5) is 35.8. The lowest BCUT2D eigenvalue weighted by atomic mass is 10.1. The molecule has 166 valence electrons. The largest absolute Gasteiger partial charge is 0.337 e. The normalized spacial score (nSPS) is 10.6. The molecule has 4 aromatic rings.